The van der Waals surface area contributed by atoms with E-state index in [1.165, 1.54) is 16.3 Å². The first kappa shape index (κ1) is 11.8. The first-order valence-electron chi connectivity index (χ1n) is 6.05. The van der Waals surface area contributed by atoms with Crippen LogP contribution < -0.4 is 9.47 Å². The lowest BCUT2D eigenvalue weighted by atomic mass is 10.0. The summed E-state index contributed by atoms with van der Waals surface area (Å²) >= 11 is 0. The largest absolute Gasteiger partial charge is 0.494 e. The van der Waals surface area contributed by atoms with Gasteiger partial charge in [-0.2, -0.15) is 0 Å². The maximum absolute atomic E-state index is 5.66. The number of ether oxygens (including phenoxy) is 2. The van der Waals surface area contributed by atoms with Crippen LogP contribution in [0.5, 0.6) is 11.5 Å². The minimum Gasteiger partial charge on any atom is -0.494 e. The lowest BCUT2D eigenvalue weighted by Crippen LogP contribution is -1.95. The van der Waals surface area contributed by atoms with Gasteiger partial charge < -0.3 is 9.47 Å². The fraction of sp³-hybridized carbons (Fsp3) is 0.333. The molecule has 0 aliphatic heterocycles. The first-order chi connectivity index (χ1) is 8.26. The monoisotopic (exact) mass is 230 g/mol. The molecule has 2 aromatic rings. The van der Waals surface area contributed by atoms with E-state index in [0.29, 0.717) is 13.2 Å². The van der Waals surface area contributed by atoms with Crippen LogP contribution in [-0.4, -0.2) is 13.2 Å². The number of hydrogen-bond acceptors (Lipinski definition) is 2. The van der Waals surface area contributed by atoms with Crippen molar-refractivity contribution in [3.8, 4) is 11.5 Å². The molecule has 90 valence electrons. The van der Waals surface area contributed by atoms with Crippen LogP contribution in [0.3, 0.4) is 0 Å². The van der Waals surface area contributed by atoms with Crippen LogP contribution in [-0.2, 0) is 0 Å². The molecule has 0 heterocycles. The van der Waals surface area contributed by atoms with E-state index in [2.05, 4.69) is 25.1 Å². The summed E-state index contributed by atoms with van der Waals surface area (Å²) in [6.45, 7) is 7.47. The van der Waals surface area contributed by atoms with Gasteiger partial charge in [0.2, 0.25) is 0 Å². The summed E-state index contributed by atoms with van der Waals surface area (Å²) in [5, 5.41) is 2.34. The van der Waals surface area contributed by atoms with Gasteiger partial charge >= 0.3 is 0 Å². The van der Waals surface area contributed by atoms with E-state index in [1.54, 1.807) is 0 Å². The maximum Gasteiger partial charge on any atom is 0.127 e. The Morgan fingerprint density at radius 1 is 1.00 bits per heavy atom. The summed E-state index contributed by atoms with van der Waals surface area (Å²) in [6.07, 6.45) is 0. The van der Waals surface area contributed by atoms with Crippen molar-refractivity contribution in [2.24, 2.45) is 0 Å². The van der Waals surface area contributed by atoms with Gasteiger partial charge in [0.1, 0.15) is 11.5 Å². The van der Waals surface area contributed by atoms with Crippen molar-refractivity contribution < 1.29 is 9.47 Å². The van der Waals surface area contributed by atoms with Gasteiger partial charge in [0.05, 0.1) is 13.2 Å². The maximum atomic E-state index is 5.66. The van der Waals surface area contributed by atoms with Crippen molar-refractivity contribution in [2.75, 3.05) is 13.2 Å². The molecule has 0 amide bonds. The number of hydrogen-bond donors (Lipinski definition) is 0. The van der Waals surface area contributed by atoms with Gasteiger partial charge in [-0.25, -0.2) is 0 Å². The first-order valence-corrected chi connectivity index (χ1v) is 6.05. The summed E-state index contributed by atoms with van der Waals surface area (Å²) in [5.41, 5.74) is 1.19. The Bertz CT molecular complexity index is 518. The Balaban J connectivity index is 2.58. The fourth-order valence-electron chi connectivity index (χ4n) is 2.10. The molecular weight excluding hydrogens is 212 g/mol. The predicted molar refractivity (Wildman–Crippen MR) is 71.0 cm³/mol. The van der Waals surface area contributed by atoms with E-state index in [-0.39, 0.29) is 0 Å². The molecule has 2 aromatic carbocycles. The van der Waals surface area contributed by atoms with E-state index >= 15 is 0 Å². The molecule has 0 aliphatic rings. The van der Waals surface area contributed by atoms with Crippen LogP contribution in [0.25, 0.3) is 10.8 Å². The molecule has 0 radical (unpaired) electrons. The molecule has 17 heavy (non-hydrogen) atoms. The van der Waals surface area contributed by atoms with Crippen molar-refractivity contribution >= 4 is 10.8 Å². The van der Waals surface area contributed by atoms with E-state index in [4.69, 9.17) is 9.47 Å². The molecule has 0 saturated heterocycles. The van der Waals surface area contributed by atoms with Gasteiger partial charge in [-0.3, -0.25) is 0 Å². The van der Waals surface area contributed by atoms with E-state index in [9.17, 15) is 0 Å². The number of benzene rings is 2. The van der Waals surface area contributed by atoms with Crippen LogP contribution in [0.1, 0.15) is 19.4 Å². The smallest absolute Gasteiger partial charge is 0.127 e. The Labute approximate surface area is 102 Å². The zero-order chi connectivity index (χ0) is 12.3. The van der Waals surface area contributed by atoms with Crippen molar-refractivity contribution in [1.29, 1.82) is 0 Å². The normalized spacial score (nSPS) is 10.5. The summed E-state index contributed by atoms with van der Waals surface area (Å²) in [5.74, 6) is 1.87. The summed E-state index contributed by atoms with van der Waals surface area (Å²) in [7, 11) is 0. The number of aryl methyl sites for hydroxylation is 1. The molecule has 0 bridgehead atoms. The second-order valence-corrected chi connectivity index (χ2v) is 3.96. The molecule has 0 spiro atoms. The van der Waals surface area contributed by atoms with Gasteiger partial charge in [0.15, 0.2) is 0 Å². The van der Waals surface area contributed by atoms with Crippen molar-refractivity contribution in [1.82, 2.24) is 0 Å². The third-order valence-corrected chi connectivity index (χ3v) is 2.72. The Kier molecular flexibility index (Phi) is 3.52. The van der Waals surface area contributed by atoms with Crippen molar-refractivity contribution in [3.63, 3.8) is 0 Å². The summed E-state index contributed by atoms with van der Waals surface area (Å²) in [4.78, 5) is 0. The summed E-state index contributed by atoms with van der Waals surface area (Å²) in [6, 6.07) is 10.2. The topological polar surface area (TPSA) is 18.5 Å². The second kappa shape index (κ2) is 5.09. The highest BCUT2D eigenvalue weighted by Gasteiger charge is 2.06. The molecule has 0 unspecified atom stereocenters. The molecular formula is C15H18O2. The molecule has 0 saturated carbocycles. The average Bonchev–Trinajstić information content (AvgIpc) is 2.29. The van der Waals surface area contributed by atoms with Crippen LogP contribution in [0, 0.1) is 6.92 Å². The molecule has 0 fully saturated rings. The van der Waals surface area contributed by atoms with Gasteiger partial charge in [-0.05, 0) is 49.9 Å². The molecule has 0 N–H and O–H groups in total. The van der Waals surface area contributed by atoms with Crippen molar-refractivity contribution in [3.05, 3.63) is 35.9 Å². The van der Waals surface area contributed by atoms with Gasteiger partial charge in [-0.15, -0.1) is 0 Å². The predicted octanol–water partition coefficient (Wildman–Crippen LogP) is 3.95. The lowest BCUT2D eigenvalue weighted by Gasteiger charge is -2.12. The number of rotatable bonds is 4. The van der Waals surface area contributed by atoms with E-state index in [1.807, 2.05) is 26.0 Å². The zero-order valence-corrected chi connectivity index (χ0v) is 10.6. The second-order valence-electron chi connectivity index (χ2n) is 3.96. The molecule has 2 heteroatoms. The van der Waals surface area contributed by atoms with Crippen molar-refractivity contribution in [2.45, 2.75) is 20.8 Å². The Morgan fingerprint density at radius 2 is 1.76 bits per heavy atom. The summed E-state index contributed by atoms with van der Waals surface area (Å²) < 4.78 is 11.2. The molecule has 2 rings (SSSR count). The van der Waals surface area contributed by atoms with Gasteiger partial charge in [0, 0.05) is 5.39 Å². The minimum absolute atomic E-state index is 0.686. The standard InChI is InChI=1S/C15H18O2/c1-4-16-13-9-11(3)15-12(10-13)7-6-8-14(15)17-5-2/h6-10H,4-5H2,1-3H3. The highest BCUT2D eigenvalue weighted by atomic mass is 16.5. The highest BCUT2D eigenvalue weighted by molar-refractivity contribution is 5.92. The zero-order valence-electron chi connectivity index (χ0n) is 10.6. The fourth-order valence-corrected chi connectivity index (χ4v) is 2.10. The Hall–Kier alpha value is -1.70. The molecule has 0 aromatic heterocycles. The van der Waals surface area contributed by atoms with Gasteiger partial charge in [-0.1, -0.05) is 12.1 Å². The molecule has 0 atom stereocenters. The minimum atomic E-state index is 0.686. The van der Waals surface area contributed by atoms with E-state index in [0.717, 1.165) is 11.5 Å². The SMILES string of the molecule is CCOc1cc(C)c2c(OCC)cccc2c1. The van der Waals surface area contributed by atoms with Crippen LogP contribution >= 0.6 is 0 Å². The van der Waals surface area contributed by atoms with Crippen LogP contribution in [0.4, 0.5) is 0 Å². The number of fused-ring (bicyclic) bond motifs is 1. The Morgan fingerprint density at radius 3 is 2.47 bits per heavy atom. The third kappa shape index (κ3) is 2.36. The highest BCUT2D eigenvalue weighted by Crippen LogP contribution is 2.32. The van der Waals surface area contributed by atoms with Crippen LogP contribution in [0.15, 0.2) is 30.3 Å². The third-order valence-electron chi connectivity index (χ3n) is 2.72. The molecule has 0 aliphatic carbocycles. The van der Waals surface area contributed by atoms with E-state index < -0.39 is 0 Å². The van der Waals surface area contributed by atoms with Crippen LogP contribution in [0.2, 0.25) is 0 Å². The van der Waals surface area contributed by atoms with Gasteiger partial charge in [0.25, 0.3) is 0 Å². The molecule has 2 nitrogen and oxygen atoms in total. The lowest BCUT2D eigenvalue weighted by molar-refractivity contribution is 0.339. The average molecular weight is 230 g/mol. The quantitative estimate of drug-likeness (QED) is 0.792.